The van der Waals surface area contributed by atoms with Gasteiger partial charge in [0.2, 0.25) is 6.79 Å². The second kappa shape index (κ2) is 8.00. The van der Waals surface area contributed by atoms with Crippen LogP contribution in [0.5, 0.6) is 11.5 Å². The van der Waals surface area contributed by atoms with Crippen molar-refractivity contribution in [1.29, 1.82) is 0 Å². The highest BCUT2D eigenvalue weighted by molar-refractivity contribution is 7.17. The predicted molar refractivity (Wildman–Crippen MR) is 107 cm³/mol. The smallest absolute Gasteiger partial charge is 0.341 e. The molecule has 8 heteroatoms. The standard InChI is InChI=1S/C21H19NO6S/c1-3-25-21(24)18-12(2)17(10-13-6-7-14-16(9-13)28-11-27-14)29-20(18)22-19(23)15-5-4-8-26-15/h4-9H,3,10-11H2,1-2H3,(H,22,23). The number of hydrogen-bond acceptors (Lipinski definition) is 7. The molecule has 150 valence electrons. The Morgan fingerprint density at radius 1 is 1.21 bits per heavy atom. The molecule has 0 saturated carbocycles. The van der Waals surface area contributed by atoms with Gasteiger partial charge < -0.3 is 23.9 Å². The number of fused-ring (bicyclic) bond motifs is 1. The molecule has 0 bridgehead atoms. The zero-order chi connectivity index (χ0) is 20.4. The lowest BCUT2D eigenvalue weighted by molar-refractivity contribution is 0.0527. The van der Waals surface area contributed by atoms with Crippen LogP contribution in [0.15, 0.2) is 41.0 Å². The number of carbonyl (C=O) groups is 2. The van der Waals surface area contributed by atoms with Crippen molar-refractivity contribution in [3.05, 3.63) is 63.9 Å². The third-order valence-corrected chi connectivity index (χ3v) is 5.71. The largest absolute Gasteiger partial charge is 0.462 e. The zero-order valence-electron chi connectivity index (χ0n) is 15.9. The first kappa shape index (κ1) is 19.1. The van der Waals surface area contributed by atoms with Gasteiger partial charge in [0.1, 0.15) is 5.00 Å². The van der Waals surface area contributed by atoms with Gasteiger partial charge in [-0.25, -0.2) is 4.79 Å². The topological polar surface area (TPSA) is 87.0 Å². The van der Waals surface area contributed by atoms with E-state index in [9.17, 15) is 9.59 Å². The molecule has 0 saturated heterocycles. The normalized spacial score (nSPS) is 12.1. The third kappa shape index (κ3) is 3.84. The number of rotatable bonds is 6. The van der Waals surface area contributed by atoms with E-state index < -0.39 is 11.9 Å². The van der Waals surface area contributed by atoms with E-state index in [1.54, 1.807) is 19.1 Å². The molecular weight excluding hydrogens is 394 g/mol. The Balaban J connectivity index is 1.65. The van der Waals surface area contributed by atoms with Crippen LogP contribution in [0.4, 0.5) is 5.00 Å². The molecule has 4 rings (SSSR count). The summed E-state index contributed by atoms with van der Waals surface area (Å²) in [7, 11) is 0. The first-order valence-electron chi connectivity index (χ1n) is 9.09. The van der Waals surface area contributed by atoms with Gasteiger partial charge in [-0.1, -0.05) is 6.07 Å². The quantitative estimate of drug-likeness (QED) is 0.603. The number of nitrogens with one attached hydrogen (secondary N) is 1. The fourth-order valence-electron chi connectivity index (χ4n) is 3.08. The van der Waals surface area contributed by atoms with Crippen LogP contribution in [-0.2, 0) is 11.2 Å². The summed E-state index contributed by atoms with van der Waals surface area (Å²) in [6.45, 7) is 4.06. The SMILES string of the molecule is CCOC(=O)c1c(NC(=O)c2ccco2)sc(Cc2ccc3c(c2)OCO3)c1C. The third-order valence-electron chi connectivity index (χ3n) is 4.50. The number of amides is 1. The van der Waals surface area contributed by atoms with Gasteiger partial charge in [0.05, 0.1) is 18.4 Å². The monoisotopic (exact) mass is 413 g/mol. The minimum atomic E-state index is -0.465. The van der Waals surface area contributed by atoms with E-state index in [-0.39, 0.29) is 19.2 Å². The minimum Gasteiger partial charge on any atom is -0.462 e. The summed E-state index contributed by atoms with van der Waals surface area (Å²) >= 11 is 1.35. The molecule has 2 aromatic heterocycles. The Kier molecular flexibility index (Phi) is 5.26. The Bertz CT molecular complexity index is 1050. The van der Waals surface area contributed by atoms with Gasteiger partial charge in [0.25, 0.3) is 5.91 Å². The maximum Gasteiger partial charge on any atom is 0.341 e. The number of esters is 1. The summed E-state index contributed by atoms with van der Waals surface area (Å²) in [5.41, 5.74) is 2.16. The highest BCUT2D eigenvalue weighted by Gasteiger charge is 2.25. The van der Waals surface area contributed by atoms with Crippen molar-refractivity contribution in [3.63, 3.8) is 0 Å². The molecule has 3 aromatic rings. The molecule has 3 heterocycles. The van der Waals surface area contributed by atoms with Crippen LogP contribution in [-0.4, -0.2) is 25.3 Å². The molecular formula is C21H19NO6S. The molecule has 0 radical (unpaired) electrons. The van der Waals surface area contributed by atoms with Crippen LogP contribution in [0, 0.1) is 6.92 Å². The first-order chi connectivity index (χ1) is 14.1. The summed E-state index contributed by atoms with van der Waals surface area (Å²) in [5, 5.41) is 3.22. The fourth-order valence-corrected chi connectivity index (χ4v) is 4.30. The van der Waals surface area contributed by atoms with E-state index >= 15 is 0 Å². The second-order valence-electron chi connectivity index (χ2n) is 6.37. The number of anilines is 1. The van der Waals surface area contributed by atoms with Gasteiger partial charge in [-0.05, 0) is 49.2 Å². The lowest BCUT2D eigenvalue weighted by Gasteiger charge is -2.06. The van der Waals surface area contributed by atoms with Gasteiger partial charge >= 0.3 is 5.97 Å². The van der Waals surface area contributed by atoms with Crippen molar-refractivity contribution in [1.82, 2.24) is 0 Å². The van der Waals surface area contributed by atoms with Gasteiger partial charge in [-0.15, -0.1) is 11.3 Å². The number of furan rings is 1. The zero-order valence-corrected chi connectivity index (χ0v) is 16.8. The van der Waals surface area contributed by atoms with E-state index in [0.717, 1.165) is 21.8 Å². The lowest BCUT2D eigenvalue weighted by Crippen LogP contribution is -2.14. The van der Waals surface area contributed by atoms with Crippen LogP contribution in [0.1, 0.15) is 43.8 Å². The number of thiophene rings is 1. The Labute approximate surface area is 171 Å². The molecule has 0 fully saturated rings. The Morgan fingerprint density at radius 3 is 2.79 bits per heavy atom. The van der Waals surface area contributed by atoms with E-state index in [1.807, 2.05) is 25.1 Å². The summed E-state index contributed by atoms with van der Waals surface area (Å²) < 4.78 is 21.1. The molecule has 1 N–H and O–H groups in total. The van der Waals surface area contributed by atoms with Crippen molar-refractivity contribution in [2.45, 2.75) is 20.3 Å². The van der Waals surface area contributed by atoms with Gasteiger partial charge in [-0.3, -0.25) is 4.79 Å². The maximum absolute atomic E-state index is 12.5. The number of benzene rings is 1. The molecule has 29 heavy (non-hydrogen) atoms. The molecule has 7 nitrogen and oxygen atoms in total. The molecule has 1 amide bonds. The summed E-state index contributed by atoms with van der Waals surface area (Å²) in [6.07, 6.45) is 2.00. The highest BCUT2D eigenvalue weighted by atomic mass is 32.1. The summed E-state index contributed by atoms with van der Waals surface area (Å²) in [6, 6.07) is 8.94. The van der Waals surface area contributed by atoms with E-state index in [4.69, 9.17) is 18.6 Å². The van der Waals surface area contributed by atoms with Gasteiger partial charge in [0, 0.05) is 11.3 Å². The molecule has 0 aliphatic carbocycles. The van der Waals surface area contributed by atoms with Crippen LogP contribution >= 0.6 is 11.3 Å². The van der Waals surface area contributed by atoms with E-state index in [2.05, 4.69) is 5.32 Å². The van der Waals surface area contributed by atoms with Crippen molar-refractivity contribution >= 4 is 28.2 Å². The van der Waals surface area contributed by atoms with Crippen LogP contribution in [0.25, 0.3) is 0 Å². The number of carbonyl (C=O) groups excluding carboxylic acids is 2. The lowest BCUT2D eigenvalue weighted by atomic mass is 10.1. The van der Waals surface area contributed by atoms with E-state index in [0.29, 0.717) is 22.7 Å². The van der Waals surface area contributed by atoms with E-state index in [1.165, 1.54) is 17.6 Å². The van der Waals surface area contributed by atoms with Gasteiger partial charge in [-0.2, -0.15) is 0 Å². The van der Waals surface area contributed by atoms with Gasteiger partial charge in [0.15, 0.2) is 17.3 Å². The van der Waals surface area contributed by atoms with Crippen molar-refractivity contribution in [2.75, 3.05) is 18.7 Å². The highest BCUT2D eigenvalue weighted by Crippen LogP contribution is 2.38. The Hall–Kier alpha value is -3.26. The molecule has 1 aliphatic heterocycles. The Morgan fingerprint density at radius 2 is 2.03 bits per heavy atom. The maximum atomic E-state index is 12.5. The number of ether oxygens (including phenoxy) is 3. The first-order valence-corrected chi connectivity index (χ1v) is 9.91. The van der Waals surface area contributed by atoms with Crippen molar-refractivity contribution in [3.8, 4) is 11.5 Å². The number of hydrogen-bond donors (Lipinski definition) is 1. The molecule has 0 atom stereocenters. The minimum absolute atomic E-state index is 0.170. The van der Waals surface area contributed by atoms with Crippen molar-refractivity contribution in [2.24, 2.45) is 0 Å². The predicted octanol–water partition coefficient (Wildman–Crippen LogP) is 4.40. The second-order valence-corrected chi connectivity index (χ2v) is 7.48. The van der Waals surface area contributed by atoms with Crippen LogP contribution in [0.2, 0.25) is 0 Å². The average molecular weight is 413 g/mol. The molecule has 0 spiro atoms. The molecule has 1 aromatic carbocycles. The molecule has 1 aliphatic rings. The average Bonchev–Trinajstić information content (AvgIpc) is 3.43. The molecule has 0 unspecified atom stereocenters. The fraction of sp³-hybridized carbons (Fsp3) is 0.238. The summed E-state index contributed by atoms with van der Waals surface area (Å²) in [5.74, 6) is 0.705. The van der Waals surface area contributed by atoms with Crippen molar-refractivity contribution < 1.29 is 28.2 Å². The van der Waals surface area contributed by atoms with Crippen LogP contribution < -0.4 is 14.8 Å². The summed E-state index contributed by atoms with van der Waals surface area (Å²) in [4.78, 5) is 25.9. The van der Waals surface area contributed by atoms with Crippen LogP contribution in [0.3, 0.4) is 0 Å².